The number of hydrogen-bond acceptors (Lipinski definition) is 5. The van der Waals surface area contributed by atoms with Gasteiger partial charge in [-0.2, -0.15) is 0 Å². The molecule has 0 unspecified atom stereocenters. The largest absolute Gasteiger partial charge is 0.325 e. The smallest absolute Gasteiger partial charge is 0.261 e. The Bertz CT molecular complexity index is 1470. The molecule has 3 aromatic carbocycles. The molecule has 0 bridgehead atoms. The summed E-state index contributed by atoms with van der Waals surface area (Å²) >= 11 is 6.06. The van der Waals surface area contributed by atoms with Gasteiger partial charge in [0.05, 0.1) is 22.5 Å². The Hall–Kier alpha value is -3.08. The third kappa shape index (κ3) is 6.53. The normalized spacial score (nSPS) is 11.7. The summed E-state index contributed by atoms with van der Waals surface area (Å²) in [4.78, 5) is 12.6. The van der Waals surface area contributed by atoms with Crippen molar-refractivity contribution in [3.05, 3.63) is 82.4 Å². The molecule has 0 aliphatic carbocycles. The Morgan fingerprint density at radius 3 is 2.17 bits per heavy atom. The number of carbonyl (C=O) groups is 1. The number of nitrogens with one attached hydrogen (secondary N) is 2. The molecule has 0 aromatic heterocycles. The Morgan fingerprint density at radius 1 is 0.914 bits per heavy atom. The number of halogens is 1. The van der Waals surface area contributed by atoms with Crippen LogP contribution in [0.3, 0.4) is 0 Å². The van der Waals surface area contributed by atoms with Crippen molar-refractivity contribution in [2.24, 2.45) is 0 Å². The molecule has 0 saturated heterocycles. The monoisotopic (exact) mass is 535 g/mol. The van der Waals surface area contributed by atoms with Crippen molar-refractivity contribution in [2.75, 3.05) is 27.1 Å². The zero-order chi connectivity index (χ0) is 26.0. The first-order chi connectivity index (χ1) is 16.3. The number of amides is 1. The number of carbonyl (C=O) groups excluding carboxylic acids is 1. The van der Waals surface area contributed by atoms with Gasteiger partial charge in [-0.25, -0.2) is 16.8 Å². The molecule has 0 atom stereocenters. The summed E-state index contributed by atoms with van der Waals surface area (Å²) < 4.78 is 53.7. The fourth-order valence-electron chi connectivity index (χ4n) is 3.25. The van der Waals surface area contributed by atoms with Crippen molar-refractivity contribution in [1.29, 1.82) is 0 Å². The minimum atomic E-state index is -3.89. The summed E-state index contributed by atoms with van der Waals surface area (Å²) in [5.74, 6) is -0.572. The van der Waals surface area contributed by atoms with E-state index < -0.39 is 32.5 Å². The molecule has 3 rings (SSSR count). The molecule has 11 heteroatoms. The molecule has 0 aliphatic rings. The van der Waals surface area contributed by atoms with E-state index in [-0.39, 0.29) is 4.90 Å². The van der Waals surface area contributed by atoms with E-state index in [2.05, 4.69) is 10.0 Å². The fraction of sp³-hybridized carbons (Fsp3) is 0.208. The van der Waals surface area contributed by atoms with Gasteiger partial charge in [-0.1, -0.05) is 23.7 Å². The fourth-order valence-corrected chi connectivity index (χ4v) is 5.40. The van der Waals surface area contributed by atoms with Crippen LogP contribution in [0.1, 0.15) is 16.7 Å². The highest BCUT2D eigenvalue weighted by molar-refractivity contribution is 7.92. The van der Waals surface area contributed by atoms with Crippen LogP contribution >= 0.6 is 11.6 Å². The lowest BCUT2D eigenvalue weighted by Crippen LogP contribution is -2.37. The number of rotatable bonds is 8. The molecule has 1 amide bonds. The Morgan fingerprint density at radius 2 is 1.57 bits per heavy atom. The van der Waals surface area contributed by atoms with Crippen LogP contribution in [-0.2, 0) is 24.8 Å². The molecular formula is C24H26ClN3O5S2. The van der Waals surface area contributed by atoms with Crippen LogP contribution in [-0.4, -0.2) is 35.5 Å². The first kappa shape index (κ1) is 26.5. The maximum atomic E-state index is 12.7. The summed E-state index contributed by atoms with van der Waals surface area (Å²) in [6, 6.07) is 15.6. The summed E-state index contributed by atoms with van der Waals surface area (Å²) in [6.07, 6.45) is 1.03. The zero-order valence-electron chi connectivity index (χ0n) is 19.7. The minimum absolute atomic E-state index is 0.0113. The third-order valence-electron chi connectivity index (χ3n) is 5.43. The molecular weight excluding hydrogens is 510 g/mol. The van der Waals surface area contributed by atoms with Gasteiger partial charge in [0, 0.05) is 10.7 Å². The first-order valence-corrected chi connectivity index (χ1v) is 14.2. The van der Waals surface area contributed by atoms with Gasteiger partial charge >= 0.3 is 0 Å². The quantitative estimate of drug-likeness (QED) is 0.442. The second-order valence-corrected chi connectivity index (χ2v) is 12.1. The highest BCUT2D eigenvalue weighted by Gasteiger charge is 2.22. The van der Waals surface area contributed by atoms with E-state index in [0.717, 1.165) is 21.7 Å². The molecule has 0 heterocycles. The summed E-state index contributed by atoms with van der Waals surface area (Å²) in [7, 11) is -7.61. The predicted octanol–water partition coefficient (Wildman–Crippen LogP) is 4.47. The van der Waals surface area contributed by atoms with Crippen molar-refractivity contribution in [1.82, 2.24) is 0 Å². The van der Waals surface area contributed by atoms with E-state index in [9.17, 15) is 21.6 Å². The highest BCUT2D eigenvalue weighted by Crippen LogP contribution is 2.26. The summed E-state index contributed by atoms with van der Waals surface area (Å²) in [6.45, 7) is 5.04. The van der Waals surface area contributed by atoms with E-state index in [1.165, 1.54) is 24.3 Å². The second-order valence-electron chi connectivity index (χ2n) is 8.13. The number of sulfonamides is 2. The molecule has 0 aliphatic heterocycles. The van der Waals surface area contributed by atoms with Crippen LogP contribution in [0, 0.1) is 20.8 Å². The zero-order valence-corrected chi connectivity index (χ0v) is 22.1. The molecule has 186 valence electrons. The van der Waals surface area contributed by atoms with Gasteiger partial charge in [0.2, 0.25) is 15.9 Å². The van der Waals surface area contributed by atoms with Crippen LogP contribution in [0.25, 0.3) is 0 Å². The van der Waals surface area contributed by atoms with Gasteiger partial charge in [-0.15, -0.1) is 0 Å². The lowest BCUT2D eigenvalue weighted by atomic mass is 10.1. The predicted molar refractivity (Wildman–Crippen MR) is 140 cm³/mol. The van der Waals surface area contributed by atoms with E-state index in [4.69, 9.17) is 11.6 Å². The van der Waals surface area contributed by atoms with Gasteiger partial charge < -0.3 is 5.32 Å². The number of hydrogen-bond donors (Lipinski definition) is 2. The molecule has 3 aromatic rings. The van der Waals surface area contributed by atoms with Crippen LogP contribution in [0.4, 0.5) is 17.1 Å². The average molecular weight is 536 g/mol. The van der Waals surface area contributed by atoms with Crippen molar-refractivity contribution in [3.8, 4) is 0 Å². The Labute approximate surface area is 211 Å². The number of benzene rings is 3. The minimum Gasteiger partial charge on any atom is -0.325 e. The maximum Gasteiger partial charge on any atom is 0.261 e. The van der Waals surface area contributed by atoms with Crippen LogP contribution < -0.4 is 14.3 Å². The van der Waals surface area contributed by atoms with E-state index in [0.29, 0.717) is 27.6 Å². The molecule has 0 radical (unpaired) electrons. The molecule has 0 saturated carbocycles. The van der Waals surface area contributed by atoms with E-state index in [1.54, 1.807) is 43.3 Å². The van der Waals surface area contributed by atoms with Crippen LogP contribution in [0.15, 0.2) is 65.6 Å². The number of aryl methyl sites for hydroxylation is 2. The van der Waals surface area contributed by atoms with E-state index >= 15 is 0 Å². The van der Waals surface area contributed by atoms with E-state index in [1.807, 2.05) is 13.8 Å². The van der Waals surface area contributed by atoms with Crippen molar-refractivity contribution >= 4 is 54.6 Å². The summed E-state index contributed by atoms with van der Waals surface area (Å²) in [5.41, 5.74) is 3.57. The van der Waals surface area contributed by atoms with Gasteiger partial charge in [-0.3, -0.25) is 13.8 Å². The molecule has 35 heavy (non-hydrogen) atoms. The van der Waals surface area contributed by atoms with Crippen LogP contribution in [0.5, 0.6) is 0 Å². The standard InChI is InChI=1S/C24H26ClN3O5S2/c1-16-8-11-20(14-17(16)2)28(34(4,30)31)15-24(29)26-19-9-12-21(13-10-19)35(32,33)27-23-7-5-6-22(25)18(23)3/h5-14,27H,15H2,1-4H3,(H,26,29). The van der Waals surface area contributed by atoms with Gasteiger partial charge in [0.15, 0.2) is 0 Å². The van der Waals surface area contributed by atoms with Gasteiger partial charge in [0.25, 0.3) is 10.0 Å². The number of nitrogens with zero attached hydrogens (tertiary/aromatic N) is 1. The van der Waals surface area contributed by atoms with Gasteiger partial charge in [0.1, 0.15) is 6.54 Å². The third-order valence-corrected chi connectivity index (χ3v) is 8.36. The topological polar surface area (TPSA) is 113 Å². The summed E-state index contributed by atoms with van der Waals surface area (Å²) in [5, 5.41) is 3.04. The molecule has 2 N–H and O–H groups in total. The molecule has 0 spiro atoms. The van der Waals surface area contributed by atoms with Crippen LogP contribution in [0.2, 0.25) is 5.02 Å². The molecule has 0 fully saturated rings. The second kappa shape index (κ2) is 10.3. The first-order valence-electron chi connectivity index (χ1n) is 10.5. The van der Waals surface area contributed by atoms with Crippen molar-refractivity contribution in [3.63, 3.8) is 0 Å². The lowest BCUT2D eigenvalue weighted by Gasteiger charge is -2.22. The van der Waals surface area contributed by atoms with Crippen molar-refractivity contribution in [2.45, 2.75) is 25.7 Å². The SMILES string of the molecule is Cc1ccc(N(CC(=O)Nc2ccc(S(=O)(=O)Nc3cccc(Cl)c3C)cc2)S(C)(=O)=O)cc1C. The highest BCUT2D eigenvalue weighted by atomic mass is 35.5. The lowest BCUT2D eigenvalue weighted by molar-refractivity contribution is -0.114. The van der Waals surface area contributed by atoms with Crippen molar-refractivity contribution < 1.29 is 21.6 Å². The molecule has 8 nitrogen and oxygen atoms in total. The Kier molecular flexibility index (Phi) is 7.78. The Balaban J connectivity index is 1.74. The maximum absolute atomic E-state index is 12.7. The van der Waals surface area contributed by atoms with Gasteiger partial charge in [-0.05, 0) is 86.0 Å². The average Bonchev–Trinajstić information content (AvgIpc) is 2.77. The number of anilines is 3.